The molecule has 0 spiro atoms. The average molecular weight is 453 g/mol. The Balaban J connectivity index is 1.31. The van der Waals surface area contributed by atoms with Crippen LogP contribution in [0.1, 0.15) is 116 Å². The third-order valence-electron chi connectivity index (χ3n) is 10.2. The Morgan fingerprint density at radius 2 is 1.48 bits per heavy atom. The van der Waals surface area contributed by atoms with E-state index in [9.17, 15) is 0 Å². The van der Waals surface area contributed by atoms with Gasteiger partial charge in [0.15, 0.2) is 0 Å². The lowest BCUT2D eigenvalue weighted by atomic mass is 9.55. The van der Waals surface area contributed by atoms with E-state index in [2.05, 4.69) is 52.0 Å². The second kappa shape index (κ2) is 9.92. The van der Waals surface area contributed by atoms with Crippen molar-refractivity contribution < 1.29 is 9.47 Å². The predicted molar refractivity (Wildman–Crippen MR) is 136 cm³/mol. The van der Waals surface area contributed by atoms with E-state index in [0.717, 1.165) is 41.8 Å². The standard InChI is InChI=1S/C31H48O2/c1-5-21(2)24-11-13-28(14-12-24)32-29(20-31(3,4)27-9-7-6-8-10-27)33-30-25-16-22-15-23(18-25)19-26(30)17-22/h11-14,21-23,25-27,29-30H,5-10,15-20H2,1-4H3. The number of benzene rings is 1. The third kappa shape index (κ3) is 5.31. The van der Waals surface area contributed by atoms with Crippen LogP contribution in [0.2, 0.25) is 0 Å². The summed E-state index contributed by atoms with van der Waals surface area (Å²) in [6.45, 7) is 9.52. The molecule has 0 saturated heterocycles. The lowest BCUT2D eigenvalue weighted by Crippen LogP contribution is -2.51. The highest BCUT2D eigenvalue weighted by Crippen LogP contribution is 2.55. The maximum atomic E-state index is 7.03. The molecule has 4 bridgehead atoms. The van der Waals surface area contributed by atoms with E-state index < -0.39 is 0 Å². The van der Waals surface area contributed by atoms with E-state index in [-0.39, 0.29) is 11.7 Å². The minimum absolute atomic E-state index is 0.126. The van der Waals surface area contributed by atoms with Gasteiger partial charge in [-0.2, -0.15) is 0 Å². The van der Waals surface area contributed by atoms with Gasteiger partial charge in [0.05, 0.1) is 6.10 Å². The van der Waals surface area contributed by atoms with Gasteiger partial charge in [0, 0.05) is 6.42 Å². The summed E-state index contributed by atoms with van der Waals surface area (Å²) in [5, 5.41) is 0. The van der Waals surface area contributed by atoms with Crippen LogP contribution in [-0.2, 0) is 4.74 Å². The molecule has 2 heteroatoms. The van der Waals surface area contributed by atoms with Crippen molar-refractivity contribution in [1.29, 1.82) is 0 Å². The first-order valence-corrected chi connectivity index (χ1v) is 14.3. The quantitative estimate of drug-likeness (QED) is 0.349. The number of ether oxygens (including phenoxy) is 2. The molecule has 0 heterocycles. The molecule has 5 fully saturated rings. The van der Waals surface area contributed by atoms with Gasteiger partial charge in [-0.15, -0.1) is 0 Å². The van der Waals surface area contributed by atoms with E-state index in [4.69, 9.17) is 9.47 Å². The van der Waals surface area contributed by atoms with Gasteiger partial charge in [-0.05, 0) is 110 Å². The number of hydrogen-bond acceptors (Lipinski definition) is 2. The van der Waals surface area contributed by atoms with Crippen molar-refractivity contribution in [2.45, 2.75) is 123 Å². The maximum absolute atomic E-state index is 7.03. The topological polar surface area (TPSA) is 18.5 Å². The molecule has 5 aliphatic rings. The van der Waals surface area contributed by atoms with Crippen molar-refractivity contribution in [1.82, 2.24) is 0 Å². The molecule has 5 aliphatic carbocycles. The van der Waals surface area contributed by atoms with Crippen molar-refractivity contribution >= 4 is 0 Å². The van der Waals surface area contributed by atoms with Gasteiger partial charge in [-0.25, -0.2) is 0 Å². The van der Waals surface area contributed by atoms with Crippen molar-refractivity contribution in [3.8, 4) is 5.75 Å². The molecule has 0 radical (unpaired) electrons. The van der Waals surface area contributed by atoms with Crippen LogP contribution in [0.4, 0.5) is 0 Å². The molecule has 0 amide bonds. The summed E-state index contributed by atoms with van der Waals surface area (Å²) in [4.78, 5) is 0. The molecule has 0 aromatic heterocycles. The molecule has 6 rings (SSSR count). The molecule has 2 unspecified atom stereocenters. The van der Waals surface area contributed by atoms with Crippen molar-refractivity contribution in [3.05, 3.63) is 29.8 Å². The molecule has 184 valence electrons. The second-order valence-corrected chi connectivity index (χ2v) is 13.0. The van der Waals surface area contributed by atoms with Crippen LogP contribution in [-0.4, -0.2) is 12.4 Å². The van der Waals surface area contributed by atoms with Crippen molar-refractivity contribution in [2.75, 3.05) is 0 Å². The fourth-order valence-corrected chi connectivity index (χ4v) is 8.13. The van der Waals surface area contributed by atoms with E-state index in [1.54, 1.807) is 0 Å². The molecular formula is C31H48O2. The maximum Gasteiger partial charge on any atom is 0.200 e. The van der Waals surface area contributed by atoms with Crippen molar-refractivity contribution in [2.24, 2.45) is 35.0 Å². The summed E-state index contributed by atoms with van der Waals surface area (Å²) in [7, 11) is 0. The first-order chi connectivity index (χ1) is 15.9. The van der Waals surface area contributed by atoms with Crippen LogP contribution < -0.4 is 4.74 Å². The first kappa shape index (κ1) is 23.7. The Morgan fingerprint density at radius 3 is 2.06 bits per heavy atom. The molecule has 0 N–H and O–H groups in total. The van der Waals surface area contributed by atoms with Gasteiger partial charge < -0.3 is 9.47 Å². The van der Waals surface area contributed by atoms with Gasteiger partial charge in [0.25, 0.3) is 0 Å². The van der Waals surface area contributed by atoms with Gasteiger partial charge >= 0.3 is 0 Å². The summed E-state index contributed by atoms with van der Waals surface area (Å²) >= 11 is 0. The summed E-state index contributed by atoms with van der Waals surface area (Å²) in [6.07, 6.45) is 16.5. The van der Waals surface area contributed by atoms with Crippen LogP contribution in [0.25, 0.3) is 0 Å². The minimum Gasteiger partial charge on any atom is -0.465 e. The smallest absolute Gasteiger partial charge is 0.200 e. The van der Waals surface area contributed by atoms with Gasteiger partial charge in [0.2, 0.25) is 6.29 Å². The highest BCUT2D eigenvalue weighted by Gasteiger charge is 2.50. The van der Waals surface area contributed by atoms with E-state index >= 15 is 0 Å². The highest BCUT2D eigenvalue weighted by molar-refractivity contribution is 5.29. The molecule has 2 nitrogen and oxygen atoms in total. The SMILES string of the molecule is CCC(C)c1ccc(OC(CC(C)(C)C2CCCCC2)OC2C3CC4CC(C3)CC2C4)cc1. The van der Waals surface area contributed by atoms with Crippen LogP contribution in [0, 0.1) is 35.0 Å². The lowest BCUT2D eigenvalue weighted by Gasteiger charge is -2.54. The zero-order valence-electron chi connectivity index (χ0n) is 21.7. The Labute approximate surface area is 203 Å². The molecule has 0 aliphatic heterocycles. The Hall–Kier alpha value is -1.02. The molecule has 1 aromatic rings. The van der Waals surface area contributed by atoms with E-state index in [0.29, 0.717) is 12.0 Å². The summed E-state index contributed by atoms with van der Waals surface area (Å²) in [6, 6.07) is 8.89. The molecule has 33 heavy (non-hydrogen) atoms. The Kier molecular flexibility index (Phi) is 7.13. The zero-order valence-corrected chi connectivity index (χ0v) is 21.7. The molecule has 1 aromatic carbocycles. The van der Waals surface area contributed by atoms with Crippen LogP contribution in [0.15, 0.2) is 24.3 Å². The minimum atomic E-state index is -0.126. The molecular weight excluding hydrogens is 404 g/mol. The summed E-state index contributed by atoms with van der Waals surface area (Å²) in [5.74, 6) is 5.90. The van der Waals surface area contributed by atoms with E-state index in [1.807, 2.05) is 0 Å². The van der Waals surface area contributed by atoms with Crippen LogP contribution >= 0.6 is 0 Å². The fourth-order valence-electron chi connectivity index (χ4n) is 8.13. The van der Waals surface area contributed by atoms with Gasteiger partial charge in [0.1, 0.15) is 5.75 Å². The lowest BCUT2D eigenvalue weighted by molar-refractivity contribution is -0.208. The first-order valence-electron chi connectivity index (χ1n) is 14.3. The summed E-state index contributed by atoms with van der Waals surface area (Å²) in [5.41, 5.74) is 1.67. The summed E-state index contributed by atoms with van der Waals surface area (Å²) < 4.78 is 13.7. The van der Waals surface area contributed by atoms with Crippen LogP contribution in [0.5, 0.6) is 5.75 Å². The molecule has 2 atom stereocenters. The van der Waals surface area contributed by atoms with E-state index in [1.165, 1.54) is 76.2 Å². The Morgan fingerprint density at radius 1 is 0.879 bits per heavy atom. The normalized spacial score (nSPS) is 33.8. The highest BCUT2D eigenvalue weighted by atomic mass is 16.7. The fraction of sp³-hybridized carbons (Fsp3) is 0.806. The average Bonchev–Trinajstić information content (AvgIpc) is 2.81. The number of hydrogen-bond donors (Lipinski definition) is 0. The van der Waals surface area contributed by atoms with Gasteiger partial charge in [-0.3, -0.25) is 0 Å². The van der Waals surface area contributed by atoms with Crippen LogP contribution in [0.3, 0.4) is 0 Å². The number of rotatable bonds is 9. The largest absolute Gasteiger partial charge is 0.465 e. The zero-order chi connectivity index (χ0) is 23.0. The predicted octanol–water partition coefficient (Wildman–Crippen LogP) is 8.74. The van der Waals surface area contributed by atoms with Gasteiger partial charge in [-0.1, -0.05) is 59.1 Å². The second-order valence-electron chi connectivity index (χ2n) is 13.0. The van der Waals surface area contributed by atoms with Crippen molar-refractivity contribution in [3.63, 3.8) is 0 Å². The Bertz CT molecular complexity index is 732. The third-order valence-corrected chi connectivity index (χ3v) is 10.2. The monoisotopic (exact) mass is 452 g/mol. The molecule has 5 saturated carbocycles.